The first kappa shape index (κ1) is 16.1. The standard InChI is InChI=1S/C19H28N2O3/c22-18(16-13-6-7-14(12-13)17(16)19(23)24)21-10-8-20(9-11-21)15-4-2-1-3-5-15/h6-7,13-17H,1-5,8-12H2,(H,23,24)/t13-,14+,16+,17+/m1/s1. The molecule has 4 rings (SSSR count). The highest BCUT2D eigenvalue weighted by Crippen LogP contribution is 2.48. The molecule has 5 nitrogen and oxygen atoms in total. The zero-order valence-corrected chi connectivity index (χ0v) is 14.3. The van der Waals surface area contributed by atoms with Gasteiger partial charge in [-0.15, -0.1) is 0 Å². The van der Waals surface area contributed by atoms with Gasteiger partial charge in [0.25, 0.3) is 0 Å². The maximum absolute atomic E-state index is 13.0. The van der Waals surface area contributed by atoms with Crippen LogP contribution in [0.15, 0.2) is 12.2 Å². The molecule has 0 radical (unpaired) electrons. The van der Waals surface area contributed by atoms with Crippen molar-refractivity contribution in [1.29, 1.82) is 0 Å². The van der Waals surface area contributed by atoms with Gasteiger partial charge in [0.05, 0.1) is 11.8 Å². The Morgan fingerprint density at radius 2 is 1.50 bits per heavy atom. The first-order chi connectivity index (χ1) is 11.6. The van der Waals surface area contributed by atoms with Gasteiger partial charge in [-0.25, -0.2) is 0 Å². The van der Waals surface area contributed by atoms with E-state index in [4.69, 9.17) is 0 Å². The van der Waals surface area contributed by atoms with Gasteiger partial charge in [0.15, 0.2) is 0 Å². The van der Waals surface area contributed by atoms with Crippen molar-refractivity contribution in [2.45, 2.75) is 44.6 Å². The van der Waals surface area contributed by atoms with Gasteiger partial charge in [0, 0.05) is 32.2 Å². The average Bonchev–Trinajstić information content (AvgIpc) is 3.23. The Bertz CT molecular complexity index is 533. The second-order valence-corrected chi connectivity index (χ2v) is 7.99. The van der Waals surface area contributed by atoms with Gasteiger partial charge in [-0.3, -0.25) is 14.5 Å². The van der Waals surface area contributed by atoms with Crippen LogP contribution in [0.1, 0.15) is 38.5 Å². The minimum absolute atomic E-state index is 0.0602. The monoisotopic (exact) mass is 332 g/mol. The van der Waals surface area contributed by atoms with Crippen molar-refractivity contribution >= 4 is 11.9 Å². The largest absolute Gasteiger partial charge is 0.481 e. The van der Waals surface area contributed by atoms with Crippen LogP contribution in [-0.2, 0) is 9.59 Å². The van der Waals surface area contributed by atoms with Gasteiger partial charge >= 0.3 is 5.97 Å². The number of aliphatic carboxylic acids is 1. The summed E-state index contributed by atoms with van der Waals surface area (Å²) in [5, 5.41) is 9.55. The molecule has 2 saturated carbocycles. The number of rotatable bonds is 3. The summed E-state index contributed by atoms with van der Waals surface area (Å²) in [5.74, 6) is -1.36. The molecule has 24 heavy (non-hydrogen) atoms. The van der Waals surface area contributed by atoms with E-state index in [2.05, 4.69) is 11.0 Å². The van der Waals surface area contributed by atoms with Crippen molar-refractivity contribution in [2.24, 2.45) is 23.7 Å². The molecule has 5 heteroatoms. The maximum Gasteiger partial charge on any atom is 0.307 e. The summed E-state index contributed by atoms with van der Waals surface area (Å²) in [4.78, 5) is 29.1. The molecule has 3 fully saturated rings. The molecule has 1 N–H and O–H groups in total. The number of carboxylic acid groups (broad SMARTS) is 1. The maximum atomic E-state index is 13.0. The lowest BCUT2D eigenvalue weighted by atomic mass is 9.82. The summed E-state index contributed by atoms with van der Waals surface area (Å²) < 4.78 is 0. The molecule has 0 aromatic rings. The van der Waals surface area contributed by atoms with Crippen molar-refractivity contribution in [3.63, 3.8) is 0 Å². The van der Waals surface area contributed by atoms with Crippen molar-refractivity contribution in [3.05, 3.63) is 12.2 Å². The summed E-state index contributed by atoms with van der Waals surface area (Å²) in [6, 6.07) is 0.702. The number of carboxylic acids is 1. The average molecular weight is 332 g/mol. The molecular formula is C19H28N2O3. The minimum Gasteiger partial charge on any atom is -0.481 e. The van der Waals surface area contributed by atoms with Gasteiger partial charge in [0.2, 0.25) is 5.91 Å². The highest BCUT2D eigenvalue weighted by molar-refractivity contribution is 5.87. The first-order valence-electron chi connectivity index (χ1n) is 9.59. The van der Waals surface area contributed by atoms with Crippen molar-refractivity contribution in [3.8, 4) is 0 Å². The van der Waals surface area contributed by atoms with Crippen LogP contribution in [-0.4, -0.2) is 59.0 Å². The lowest BCUT2D eigenvalue weighted by Gasteiger charge is -2.42. The van der Waals surface area contributed by atoms with Crippen LogP contribution in [0.3, 0.4) is 0 Å². The number of hydrogen-bond acceptors (Lipinski definition) is 3. The lowest BCUT2D eigenvalue weighted by molar-refractivity contribution is -0.151. The van der Waals surface area contributed by atoms with Crippen LogP contribution >= 0.6 is 0 Å². The third-order valence-corrected chi connectivity index (χ3v) is 6.75. The van der Waals surface area contributed by atoms with Crippen LogP contribution in [0.25, 0.3) is 0 Å². The van der Waals surface area contributed by atoms with Crippen LogP contribution in [0, 0.1) is 23.7 Å². The number of carbonyl (C=O) groups excluding carboxylic acids is 1. The molecular weight excluding hydrogens is 304 g/mol. The molecule has 0 aromatic heterocycles. The number of carbonyl (C=O) groups is 2. The van der Waals surface area contributed by atoms with Crippen LogP contribution < -0.4 is 0 Å². The summed E-state index contributed by atoms with van der Waals surface area (Å²) in [6.07, 6.45) is 11.6. The zero-order valence-electron chi connectivity index (χ0n) is 14.3. The number of hydrogen-bond donors (Lipinski definition) is 1. The van der Waals surface area contributed by atoms with E-state index in [1.807, 2.05) is 11.0 Å². The fourth-order valence-corrected chi connectivity index (χ4v) is 5.46. The molecule has 0 aromatic carbocycles. The van der Waals surface area contributed by atoms with Gasteiger partial charge in [0.1, 0.15) is 0 Å². The Kier molecular flexibility index (Phi) is 4.37. The van der Waals surface area contributed by atoms with Gasteiger partial charge in [-0.2, -0.15) is 0 Å². The van der Waals surface area contributed by atoms with E-state index in [0.717, 1.165) is 32.6 Å². The molecule has 1 saturated heterocycles. The Hall–Kier alpha value is -1.36. The molecule has 0 spiro atoms. The fraction of sp³-hybridized carbons (Fsp3) is 0.789. The van der Waals surface area contributed by atoms with Crippen molar-refractivity contribution < 1.29 is 14.7 Å². The number of amides is 1. The van der Waals surface area contributed by atoms with E-state index >= 15 is 0 Å². The normalized spacial score (nSPS) is 37.1. The Morgan fingerprint density at radius 3 is 2.12 bits per heavy atom. The minimum atomic E-state index is -0.800. The molecule has 0 unspecified atom stereocenters. The van der Waals surface area contributed by atoms with Gasteiger partial charge in [-0.1, -0.05) is 31.4 Å². The fourth-order valence-electron chi connectivity index (χ4n) is 5.46. The highest BCUT2D eigenvalue weighted by atomic mass is 16.4. The first-order valence-corrected chi connectivity index (χ1v) is 9.59. The summed E-state index contributed by atoms with van der Waals surface area (Å²) in [7, 11) is 0. The molecule has 4 aliphatic rings. The molecule has 2 bridgehead atoms. The van der Waals surface area contributed by atoms with Crippen molar-refractivity contribution in [1.82, 2.24) is 9.80 Å². The zero-order chi connectivity index (χ0) is 16.7. The van der Waals surface area contributed by atoms with Crippen LogP contribution in [0.2, 0.25) is 0 Å². The quantitative estimate of drug-likeness (QED) is 0.803. The van der Waals surface area contributed by atoms with E-state index < -0.39 is 11.9 Å². The molecule has 1 aliphatic heterocycles. The predicted octanol–water partition coefficient (Wildman–Crippen LogP) is 1.99. The topological polar surface area (TPSA) is 60.9 Å². The lowest BCUT2D eigenvalue weighted by Crippen LogP contribution is -2.54. The highest BCUT2D eigenvalue weighted by Gasteiger charge is 2.52. The van der Waals surface area contributed by atoms with Crippen molar-refractivity contribution in [2.75, 3.05) is 26.2 Å². The third-order valence-electron chi connectivity index (χ3n) is 6.75. The number of allylic oxidation sites excluding steroid dienone is 2. The van der Waals surface area contributed by atoms with Crippen LogP contribution in [0.4, 0.5) is 0 Å². The van der Waals surface area contributed by atoms with Gasteiger partial charge in [-0.05, 0) is 31.1 Å². The second kappa shape index (κ2) is 6.51. The Labute approximate surface area is 143 Å². The SMILES string of the molecule is O=C(O)[C@@H]1[C@@H](C(=O)N2CCN(C3CCCCC3)CC2)[C@@H]2C=C[C@H]1C2. The molecule has 3 aliphatic carbocycles. The van der Waals surface area contributed by atoms with E-state index in [1.54, 1.807) is 0 Å². The van der Waals surface area contributed by atoms with E-state index in [9.17, 15) is 14.7 Å². The molecule has 1 heterocycles. The summed E-state index contributed by atoms with van der Waals surface area (Å²) in [5.41, 5.74) is 0. The molecule has 132 valence electrons. The second-order valence-electron chi connectivity index (χ2n) is 7.99. The number of piperazine rings is 1. The predicted molar refractivity (Wildman–Crippen MR) is 90.4 cm³/mol. The summed E-state index contributed by atoms with van der Waals surface area (Å²) in [6.45, 7) is 3.42. The van der Waals surface area contributed by atoms with Crippen LogP contribution in [0.5, 0.6) is 0 Å². The van der Waals surface area contributed by atoms with E-state index in [1.165, 1.54) is 32.1 Å². The summed E-state index contributed by atoms with van der Waals surface area (Å²) >= 11 is 0. The number of nitrogens with zero attached hydrogens (tertiary/aromatic N) is 2. The Balaban J connectivity index is 1.38. The third kappa shape index (κ3) is 2.77. The molecule has 1 amide bonds. The number of fused-ring (bicyclic) bond motifs is 2. The van der Waals surface area contributed by atoms with E-state index in [-0.39, 0.29) is 23.7 Å². The smallest absolute Gasteiger partial charge is 0.307 e. The van der Waals surface area contributed by atoms with Gasteiger partial charge < -0.3 is 10.0 Å². The van der Waals surface area contributed by atoms with E-state index in [0.29, 0.717) is 6.04 Å². The Morgan fingerprint density at radius 1 is 0.875 bits per heavy atom. The molecule has 4 atom stereocenters.